The van der Waals surface area contributed by atoms with Crippen molar-refractivity contribution in [1.82, 2.24) is 14.1 Å². The van der Waals surface area contributed by atoms with Crippen LogP contribution in [0.15, 0.2) is 53.4 Å². The molecule has 0 bridgehead atoms. The summed E-state index contributed by atoms with van der Waals surface area (Å²) in [6, 6.07) is 15.3. The van der Waals surface area contributed by atoms with Gasteiger partial charge in [-0.25, -0.2) is 8.42 Å². The number of carbonyl (C=O) groups excluding carboxylic acids is 1. The topological polar surface area (TPSA) is 93.9 Å². The van der Waals surface area contributed by atoms with Crippen LogP contribution in [0.5, 0.6) is 5.75 Å². The van der Waals surface area contributed by atoms with Crippen LogP contribution in [0.1, 0.15) is 24.0 Å². The van der Waals surface area contributed by atoms with Crippen molar-refractivity contribution in [2.24, 2.45) is 0 Å². The van der Waals surface area contributed by atoms with Crippen molar-refractivity contribution in [2.75, 3.05) is 39.8 Å². The second-order valence-corrected chi connectivity index (χ2v) is 10.3. The number of hydrogen-bond donors (Lipinski definition) is 0. The summed E-state index contributed by atoms with van der Waals surface area (Å²) in [7, 11) is -2.23. The molecule has 0 aliphatic carbocycles. The molecule has 2 heterocycles. The molecule has 0 N–H and O–H groups in total. The van der Waals surface area contributed by atoms with E-state index in [1.165, 1.54) is 23.5 Å². The number of ether oxygens (including phenoxy) is 1. The van der Waals surface area contributed by atoms with Crippen LogP contribution in [0.2, 0.25) is 0 Å². The number of hydrogen-bond acceptors (Lipinski definition) is 6. The van der Waals surface area contributed by atoms with Gasteiger partial charge in [-0.05, 0) is 54.8 Å². The fourth-order valence-electron chi connectivity index (χ4n) is 4.44. The minimum absolute atomic E-state index is 0.109. The van der Waals surface area contributed by atoms with Gasteiger partial charge in [0.1, 0.15) is 11.8 Å². The van der Waals surface area contributed by atoms with Crippen molar-refractivity contribution in [2.45, 2.75) is 30.3 Å². The number of piperazine rings is 1. The molecule has 9 heteroatoms. The van der Waals surface area contributed by atoms with Crippen molar-refractivity contribution in [3.8, 4) is 11.8 Å². The van der Waals surface area contributed by atoms with E-state index in [-0.39, 0.29) is 10.8 Å². The quantitative estimate of drug-likeness (QED) is 0.644. The van der Waals surface area contributed by atoms with Gasteiger partial charge in [0.05, 0.1) is 23.6 Å². The third-order valence-electron chi connectivity index (χ3n) is 6.33. The van der Waals surface area contributed by atoms with Crippen molar-refractivity contribution in [3.05, 3.63) is 59.7 Å². The Labute approximate surface area is 195 Å². The van der Waals surface area contributed by atoms with E-state index in [1.54, 1.807) is 17.0 Å². The summed E-state index contributed by atoms with van der Waals surface area (Å²) in [4.78, 5) is 17.5. The van der Waals surface area contributed by atoms with E-state index in [1.807, 2.05) is 24.3 Å². The van der Waals surface area contributed by atoms with Crippen LogP contribution in [-0.4, -0.2) is 74.3 Å². The number of nitrogens with zero attached hydrogens (tertiary/aromatic N) is 4. The fourth-order valence-corrected chi connectivity index (χ4v) is 6.09. The molecule has 4 rings (SSSR count). The third kappa shape index (κ3) is 5.03. The van der Waals surface area contributed by atoms with Crippen LogP contribution >= 0.6 is 0 Å². The van der Waals surface area contributed by atoms with Crippen molar-refractivity contribution >= 4 is 15.9 Å². The number of benzene rings is 2. The van der Waals surface area contributed by atoms with Crippen LogP contribution in [0.4, 0.5) is 0 Å². The van der Waals surface area contributed by atoms with Gasteiger partial charge in [0.2, 0.25) is 15.9 Å². The number of nitriles is 1. The monoisotopic (exact) mass is 468 g/mol. The van der Waals surface area contributed by atoms with Gasteiger partial charge in [-0.2, -0.15) is 9.57 Å². The smallest absolute Gasteiger partial charge is 0.243 e. The number of carbonyl (C=O) groups is 1. The highest BCUT2D eigenvalue weighted by molar-refractivity contribution is 7.89. The van der Waals surface area contributed by atoms with Crippen molar-refractivity contribution < 1.29 is 17.9 Å². The maximum atomic E-state index is 13.3. The number of methoxy groups -OCH3 is 1. The molecule has 0 saturated carbocycles. The summed E-state index contributed by atoms with van der Waals surface area (Å²) in [5, 5.41) is 8.93. The maximum absolute atomic E-state index is 13.3. The summed E-state index contributed by atoms with van der Waals surface area (Å²) in [6.07, 6.45) is 1.21. The molecule has 1 amide bonds. The molecule has 33 heavy (non-hydrogen) atoms. The van der Waals surface area contributed by atoms with E-state index in [0.29, 0.717) is 43.8 Å². The molecule has 2 saturated heterocycles. The Morgan fingerprint density at radius 3 is 2.30 bits per heavy atom. The number of amides is 1. The molecule has 2 aromatic carbocycles. The Morgan fingerprint density at radius 2 is 1.70 bits per heavy atom. The lowest BCUT2D eigenvalue weighted by molar-refractivity contribution is -0.136. The summed E-state index contributed by atoms with van der Waals surface area (Å²) in [6.45, 7) is 3.70. The van der Waals surface area contributed by atoms with Gasteiger partial charge in [-0.1, -0.05) is 12.1 Å². The predicted octanol–water partition coefficient (Wildman–Crippen LogP) is 2.06. The first-order valence-electron chi connectivity index (χ1n) is 11.1. The van der Waals surface area contributed by atoms with Crippen molar-refractivity contribution in [1.29, 1.82) is 5.26 Å². The molecule has 1 unspecified atom stereocenters. The molecule has 0 radical (unpaired) electrons. The van der Waals surface area contributed by atoms with E-state index in [0.717, 1.165) is 25.2 Å². The Balaban J connectivity index is 1.37. The molecule has 0 spiro atoms. The number of sulfonamides is 1. The molecule has 2 aromatic rings. The highest BCUT2D eigenvalue weighted by Gasteiger charge is 2.41. The van der Waals surface area contributed by atoms with Crippen LogP contribution in [0.3, 0.4) is 0 Å². The fraction of sp³-hybridized carbons (Fsp3) is 0.417. The SMILES string of the molecule is COc1ccc(S(=O)(=O)N2CCCC2C(=O)N2CCN(Cc3ccc(C#N)cc3)CC2)cc1. The average molecular weight is 469 g/mol. The van der Waals surface area contributed by atoms with Crippen molar-refractivity contribution in [3.63, 3.8) is 0 Å². The largest absolute Gasteiger partial charge is 0.497 e. The van der Waals surface area contributed by atoms with Crippen LogP contribution in [-0.2, 0) is 21.4 Å². The highest BCUT2D eigenvalue weighted by atomic mass is 32.2. The van der Waals surface area contributed by atoms with Gasteiger partial charge in [0.25, 0.3) is 0 Å². The van der Waals surface area contributed by atoms with Gasteiger partial charge >= 0.3 is 0 Å². The minimum atomic E-state index is -3.76. The van der Waals surface area contributed by atoms with E-state index < -0.39 is 16.1 Å². The Hall–Kier alpha value is -2.93. The van der Waals surface area contributed by atoms with E-state index in [9.17, 15) is 13.2 Å². The van der Waals surface area contributed by atoms with Crippen LogP contribution < -0.4 is 4.74 Å². The first-order valence-corrected chi connectivity index (χ1v) is 12.5. The average Bonchev–Trinajstić information content (AvgIpc) is 3.36. The summed E-state index contributed by atoms with van der Waals surface area (Å²) >= 11 is 0. The van der Waals surface area contributed by atoms with Crippen LogP contribution in [0, 0.1) is 11.3 Å². The van der Waals surface area contributed by atoms with Gasteiger partial charge in [0, 0.05) is 39.3 Å². The molecule has 2 fully saturated rings. The molecule has 0 aromatic heterocycles. The maximum Gasteiger partial charge on any atom is 0.243 e. The van der Waals surface area contributed by atoms with Gasteiger partial charge in [0.15, 0.2) is 0 Å². The second kappa shape index (κ2) is 9.91. The summed E-state index contributed by atoms with van der Waals surface area (Å²) in [5.41, 5.74) is 1.77. The zero-order valence-electron chi connectivity index (χ0n) is 18.7. The zero-order chi connectivity index (χ0) is 23.4. The lowest BCUT2D eigenvalue weighted by Crippen LogP contribution is -2.54. The second-order valence-electron chi connectivity index (χ2n) is 8.36. The summed E-state index contributed by atoms with van der Waals surface area (Å²) < 4.78 is 32.9. The van der Waals surface area contributed by atoms with Gasteiger partial charge in [-0.3, -0.25) is 9.69 Å². The van der Waals surface area contributed by atoms with Gasteiger partial charge in [-0.15, -0.1) is 0 Å². The molecule has 2 aliphatic heterocycles. The molecular weight excluding hydrogens is 440 g/mol. The summed E-state index contributed by atoms with van der Waals surface area (Å²) in [5.74, 6) is 0.476. The standard InChI is InChI=1S/C24H28N4O4S/c1-32-21-8-10-22(11-9-21)33(30,31)28-12-2-3-23(28)24(29)27-15-13-26(14-16-27)18-20-6-4-19(17-25)5-7-20/h4-11,23H,2-3,12-16,18H2,1H3. The first-order chi connectivity index (χ1) is 15.9. The Bertz CT molecular complexity index is 1120. The minimum Gasteiger partial charge on any atom is -0.497 e. The molecular formula is C24H28N4O4S. The van der Waals surface area contributed by atoms with Crippen LogP contribution in [0.25, 0.3) is 0 Å². The van der Waals surface area contributed by atoms with Gasteiger partial charge < -0.3 is 9.64 Å². The number of rotatable bonds is 6. The lowest BCUT2D eigenvalue weighted by Gasteiger charge is -2.37. The Morgan fingerprint density at radius 1 is 1.03 bits per heavy atom. The van der Waals surface area contributed by atoms with E-state index in [2.05, 4.69) is 11.0 Å². The third-order valence-corrected chi connectivity index (χ3v) is 8.25. The zero-order valence-corrected chi connectivity index (χ0v) is 19.5. The van der Waals surface area contributed by atoms with E-state index in [4.69, 9.17) is 10.00 Å². The normalized spacial score (nSPS) is 19.9. The molecule has 1 atom stereocenters. The highest BCUT2D eigenvalue weighted by Crippen LogP contribution is 2.28. The first kappa shape index (κ1) is 23.2. The van der Waals surface area contributed by atoms with E-state index >= 15 is 0 Å². The molecule has 2 aliphatic rings. The lowest BCUT2D eigenvalue weighted by atomic mass is 10.1. The molecule has 8 nitrogen and oxygen atoms in total. The Kier molecular flexibility index (Phi) is 6.98. The predicted molar refractivity (Wildman–Crippen MR) is 123 cm³/mol. The molecule has 174 valence electrons.